The Bertz CT molecular complexity index is 1210. The number of ketones is 1. The molecule has 1 saturated heterocycles. The number of hydrogen-bond acceptors (Lipinski definition) is 6. The molecule has 162 valence electrons. The van der Waals surface area contributed by atoms with E-state index >= 15 is 0 Å². The molecule has 7 nitrogen and oxygen atoms in total. The number of pyridine rings is 1. The Labute approximate surface area is 189 Å². The summed E-state index contributed by atoms with van der Waals surface area (Å²) in [5.74, 6) is -1.03. The first kappa shape index (κ1) is 21.4. The summed E-state index contributed by atoms with van der Waals surface area (Å²) < 4.78 is 10.5. The van der Waals surface area contributed by atoms with Gasteiger partial charge >= 0.3 is 0 Å². The summed E-state index contributed by atoms with van der Waals surface area (Å²) in [4.78, 5) is 31.7. The van der Waals surface area contributed by atoms with Gasteiger partial charge in [0.25, 0.3) is 11.7 Å². The number of aliphatic hydroxyl groups excluding tert-OH is 1. The molecule has 32 heavy (non-hydrogen) atoms. The quantitative estimate of drug-likeness (QED) is 0.352. The van der Waals surface area contributed by atoms with E-state index in [1.165, 1.54) is 25.2 Å². The fourth-order valence-corrected chi connectivity index (χ4v) is 3.89. The van der Waals surface area contributed by atoms with Gasteiger partial charge in [0, 0.05) is 23.1 Å². The molecule has 1 unspecified atom stereocenters. The van der Waals surface area contributed by atoms with Crippen molar-refractivity contribution in [1.82, 2.24) is 4.98 Å². The standard InChI is InChI=1S/C24H19ClN2O5/c1-31-17-6-4-16(5-7-17)27-21(14-9-11-26-12-10-14)20(23(29)24(27)30)22(28)18-13-15(25)3-8-19(18)32-2/h3-13,21,28H,1-2H3/b22-20+. The first-order valence-electron chi connectivity index (χ1n) is 9.65. The second-order valence-corrected chi connectivity index (χ2v) is 7.43. The number of rotatable bonds is 5. The molecule has 0 aliphatic carbocycles. The largest absolute Gasteiger partial charge is 0.507 e. The number of amides is 1. The molecule has 8 heteroatoms. The Hall–Kier alpha value is -3.84. The van der Waals surface area contributed by atoms with Gasteiger partial charge in [0.1, 0.15) is 17.3 Å². The second kappa shape index (κ2) is 8.72. The van der Waals surface area contributed by atoms with Gasteiger partial charge in [0.05, 0.1) is 31.4 Å². The van der Waals surface area contributed by atoms with Crippen molar-refractivity contribution in [3.05, 3.63) is 88.7 Å². The maximum absolute atomic E-state index is 13.2. The van der Waals surface area contributed by atoms with Crippen molar-refractivity contribution in [2.45, 2.75) is 6.04 Å². The van der Waals surface area contributed by atoms with Gasteiger partial charge in [-0.1, -0.05) is 11.6 Å². The normalized spacial score (nSPS) is 17.5. The SMILES string of the molecule is COc1ccc(N2C(=O)C(=O)/C(=C(/O)c3cc(Cl)ccc3OC)C2c2ccncc2)cc1. The van der Waals surface area contributed by atoms with Crippen molar-refractivity contribution in [3.63, 3.8) is 0 Å². The number of anilines is 1. The monoisotopic (exact) mass is 450 g/mol. The zero-order valence-corrected chi connectivity index (χ0v) is 18.0. The van der Waals surface area contributed by atoms with Crippen molar-refractivity contribution in [3.8, 4) is 11.5 Å². The number of methoxy groups -OCH3 is 2. The fraction of sp³-hybridized carbons (Fsp3) is 0.125. The van der Waals surface area contributed by atoms with Crippen LogP contribution in [-0.4, -0.2) is 36.0 Å². The number of aliphatic hydroxyl groups is 1. The third-order valence-electron chi connectivity index (χ3n) is 5.23. The minimum Gasteiger partial charge on any atom is -0.507 e. The van der Waals surface area contributed by atoms with Gasteiger partial charge in [-0.2, -0.15) is 0 Å². The zero-order chi connectivity index (χ0) is 22.8. The number of benzene rings is 2. The summed E-state index contributed by atoms with van der Waals surface area (Å²) in [6, 6.07) is 13.9. The molecule has 2 aromatic carbocycles. The predicted octanol–water partition coefficient (Wildman–Crippen LogP) is 4.38. The van der Waals surface area contributed by atoms with Crippen molar-refractivity contribution >= 4 is 34.7 Å². The van der Waals surface area contributed by atoms with E-state index in [0.29, 0.717) is 27.8 Å². The maximum Gasteiger partial charge on any atom is 0.300 e. The topological polar surface area (TPSA) is 89.0 Å². The Kier molecular flexibility index (Phi) is 5.83. The van der Waals surface area contributed by atoms with Crippen LogP contribution in [0.3, 0.4) is 0 Å². The summed E-state index contributed by atoms with van der Waals surface area (Å²) >= 11 is 6.12. The first-order valence-corrected chi connectivity index (χ1v) is 10.0. The zero-order valence-electron chi connectivity index (χ0n) is 17.3. The van der Waals surface area contributed by atoms with Crippen LogP contribution >= 0.6 is 11.6 Å². The first-order chi connectivity index (χ1) is 15.5. The van der Waals surface area contributed by atoms with Crippen LogP contribution in [0.4, 0.5) is 5.69 Å². The van der Waals surface area contributed by atoms with E-state index in [0.717, 1.165) is 0 Å². The smallest absolute Gasteiger partial charge is 0.300 e. The third-order valence-corrected chi connectivity index (χ3v) is 5.47. The molecular weight excluding hydrogens is 432 g/mol. The van der Waals surface area contributed by atoms with Gasteiger partial charge in [-0.15, -0.1) is 0 Å². The van der Waals surface area contributed by atoms with Crippen LogP contribution in [0.2, 0.25) is 5.02 Å². The highest BCUT2D eigenvalue weighted by Crippen LogP contribution is 2.43. The Morgan fingerprint density at radius 1 is 1.00 bits per heavy atom. The molecule has 1 atom stereocenters. The van der Waals surface area contributed by atoms with Crippen molar-refractivity contribution < 1.29 is 24.2 Å². The van der Waals surface area contributed by atoms with E-state index in [1.807, 2.05) is 0 Å². The van der Waals surface area contributed by atoms with E-state index in [9.17, 15) is 14.7 Å². The van der Waals surface area contributed by atoms with Crippen LogP contribution in [0, 0.1) is 0 Å². The number of Topliss-reactive ketones (excluding diaryl/α,β-unsaturated/α-hetero) is 1. The van der Waals surface area contributed by atoms with Crippen molar-refractivity contribution in [2.75, 3.05) is 19.1 Å². The average Bonchev–Trinajstić information content (AvgIpc) is 3.09. The Morgan fingerprint density at radius 3 is 2.31 bits per heavy atom. The molecule has 1 fully saturated rings. The van der Waals surface area contributed by atoms with Gasteiger partial charge in [0.2, 0.25) is 0 Å². The van der Waals surface area contributed by atoms with Crippen molar-refractivity contribution in [2.24, 2.45) is 0 Å². The number of hydrogen-bond donors (Lipinski definition) is 1. The summed E-state index contributed by atoms with van der Waals surface area (Å²) in [7, 11) is 2.98. The second-order valence-electron chi connectivity index (χ2n) is 6.99. The Morgan fingerprint density at radius 2 is 1.69 bits per heavy atom. The predicted molar refractivity (Wildman–Crippen MR) is 120 cm³/mol. The molecule has 1 aliphatic heterocycles. The van der Waals surface area contributed by atoms with Gasteiger partial charge in [-0.05, 0) is 60.2 Å². The summed E-state index contributed by atoms with van der Waals surface area (Å²) in [6.45, 7) is 0. The molecule has 0 radical (unpaired) electrons. The molecule has 1 N–H and O–H groups in total. The van der Waals surface area contributed by atoms with Crippen molar-refractivity contribution in [1.29, 1.82) is 0 Å². The van der Waals surface area contributed by atoms with E-state index in [-0.39, 0.29) is 16.9 Å². The summed E-state index contributed by atoms with van der Waals surface area (Å²) in [5, 5.41) is 11.6. The van der Waals surface area contributed by atoms with Crippen LogP contribution in [0.25, 0.3) is 5.76 Å². The number of ether oxygens (including phenoxy) is 2. The molecule has 1 aromatic heterocycles. The van der Waals surface area contributed by atoms with E-state index in [4.69, 9.17) is 21.1 Å². The third kappa shape index (κ3) is 3.67. The van der Waals surface area contributed by atoms with Gasteiger partial charge in [-0.3, -0.25) is 19.5 Å². The highest BCUT2D eigenvalue weighted by Gasteiger charge is 2.47. The molecular formula is C24H19ClN2O5. The molecule has 3 aromatic rings. The highest BCUT2D eigenvalue weighted by atomic mass is 35.5. The van der Waals surface area contributed by atoms with E-state index in [1.54, 1.807) is 60.9 Å². The van der Waals surface area contributed by atoms with E-state index < -0.39 is 17.7 Å². The van der Waals surface area contributed by atoms with Gasteiger partial charge in [-0.25, -0.2) is 0 Å². The lowest BCUT2D eigenvalue weighted by Crippen LogP contribution is -2.29. The lowest BCUT2D eigenvalue weighted by Gasteiger charge is -2.25. The lowest BCUT2D eigenvalue weighted by molar-refractivity contribution is -0.132. The highest BCUT2D eigenvalue weighted by molar-refractivity contribution is 6.51. The molecule has 2 heterocycles. The van der Waals surface area contributed by atoms with Crippen LogP contribution in [0.1, 0.15) is 17.2 Å². The van der Waals surface area contributed by atoms with E-state index in [2.05, 4.69) is 4.98 Å². The van der Waals surface area contributed by atoms with Gasteiger partial charge < -0.3 is 14.6 Å². The number of carbonyl (C=O) groups excluding carboxylic acids is 2. The number of nitrogens with zero attached hydrogens (tertiary/aromatic N) is 2. The Balaban J connectivity index is 1.95. The maximum atomic E-state index is 13.2. The summed E-state index contributed by atoms with van der Waals surface area (Å²) in [6.07, 6.45) is 3.12. The fourth-order valence-electron chi connectivity index (χ4n) is 3.71. The minimum atomic E-state index is -0.880. The molecule has 1 aliphatic rings. The average molecular weight is 451 g/mol. The minimum absolute atomic E-state index is 0.0717. The number of carbonyl (C=O) groups is 2. The molecule has 0 saturated carbocycles. The summed E-state index contributed by atoms with van der Waals surface area (Å²) in [5.41, 5.74) is 1.23. The van der Waals surface area contributed by atoms with Crippen LogP contribution in [0.15, 0.2) is 72.6 Å². The van der Waals surface area contributed by atoms with Crippen LogP contribution < -0.4 is 14.4 Å². The molecule has 0 spiro atoms. The molecule has 1 amide bonds. The number of halogens is 1. The molecule has 4 rings (SSSR count). The molecule has 0 bridgehead atoms. The van der Waals surface area contributed by atoms with Gasteiger partial charge in [0.15, 0.2) is 0 Å². The van der Waals surface area contributed by atoms with Crippen LogP contribution in [0.5, 0.6) is 11.5 Å². The van der Waals surface area contributed by atoms with Crippen LogP contribution in [-0.2, 0) is 9.59 Å². The number of aromatic nitrogens is 1. The lowest BCUT2D eigenvalue weighted by atomic mass is 9.95.